The average molecular weight is 220 g/mol. The van der Waals surface area contributed by atoms with Gasteiger partial charge in [-0.25, -0.2) is 0 Å². The average Bonchev–Trinajstić information content (AvgIpc) is 2.09. The summed E-state index contributed by atoms with van der Waals surface area (Å²) in [5.41, 5.74) is 7.54. The Hall–Kier alpha value is -0.563. The molecule has 0 aromatic heterocycles. The van der Waals surface area contributed by atoms with E-state index in [-0.39, 0.29) is 0 Å². The van der Waals surface area contributed by atoms with Crippen LogP contribution in [0.4, 0.5) is 0 Å². The summed E-state index contributed by atoms with van der Waals surface area (Å²) in [6, 6.07) is 0. The molecule has 15 heavy (non-hydrogen) atoms. The first-order valence-corrected chi connectivity index (χ1v) is 9.25. The van der Waals surface area contributed by atoms with Crippen LogP contribution in [-0.4, -0.2) is 8.07 Å². The molecule has 0 nitrogen and oxygen atoms in total. The summed E-state index contributed by atoms with van der Waals surface area (Å²) in [5.74, 6) is 0. The van der Waals surface area contributed by atoms with Gasteiger partial charge in [0.25, 0.3) is 0 Å². The van der Waals surface area contributed by atoms with Crippen LogP contribution >= 0.6 is 0 Å². The molecule has 0 saturated heterocycles. The summed E-state index contributed by atoms with van der Waals surface area (Å²) < 4.78 is 0. The lowest BCUT2D eigenvalue weighted by Gasteiger charge is -2.27. The van der Waals surface area contributed by atoms with Crippen molar-refractivity contribution in [2.45, 2.75) is 54.3 Å². The van der Waals surface area contributed by atoms with Gasteiger partial charge < -0.3 is 0 Å². The van der Waals surface area contributed by atoms with E-state index in [1.807, 2.05) is 0 Å². The summed E-state index contributed by atoms with van der Waals surface area (Å²) >= 11 is 0. The molecule has 0 spiro atoms. The lowest BCUT2D eigenvalue weighted by Crippen LogP contribution is -2.42. The van der Waals surface area contributed by atoms with Crippen molar-refractivity contribution in [1.29, 1.82) is 0 Å². The second-order valence-corrected chi connectivity index (χ2v) is 10.8. The van der Waals surface area contributed by atoms with Crippen molar-refractivity contribution < 1.29 is 0 Å². The second kappa shape index (κ2) is 3.78. The van der Waals surface area contributed by atoms with E-state index in [0.717, 1.165) is 0 Å². The lowest BCUT2D eigenvalue weighted by atomic mass is 9.95. The van der Waals surface area contributed by atoms with Crippen molar-refractivity contribution in [1.82, 2.24) is 0 Å². The van der Waals surface area contributed by atoms with E-state index < -0.39 is 8.07 Å². The fourth-order valence-corrected chi connectivity index (χ4v) is 5.25. The maximum absolute atomic E-state index is 2.44. The highest BCUT2D eigenvalue weighted by molar-refractivity contribution is 6.89. The first kappa shape index (κ1) is 12.5. The zero-order valence-corrected chi connectivity index (χ0v) is 12.5. The van der Waals surface area contributed by atoms with Gasteiger partial charge in [-0.15, -0.1) is 0 Å². The van der Waals surface area contributed by atoms with E-state index in [0.29, 0.717) is 0 Å². The van der Waals surface area contributed by atoms with Gasteiger partial charge >= 0.3 is 0 Å². The molecule has 1 rings (SSSR count). The molecular weight excluding hydrogens is 196 g/mol. The molecule has 0 bridgehead atoms. The Morgan fingerprint density at radius 2 is 0.800 bits per heavy atom. The predicted octanol–water partition coefficient (Wildman–Crippen LogP) is 3.77. The smallest absolute Gasteiger partial charge is 0.0656 e. The van der Waals surface area contributed by atoms with Gasteiger partial charge in [-0.3, -0.25) is 0 Å². The van der Waals surface area contributed by atoms with Gasteiger partial charge in [0.1, 0.15) is 0 Å². The molecule has 1 aromatic carbocycles. The normalized spacial score (nSPS) is 12.0. The Kier molecular flexibility index (Phi) is 3.15. The minimum absolute atomic E-state index is 1.21. The number of benzene rings is 1. The summed E-state index contributed by atoms with van der Waals surface area (Å²) in [6.07, 6.45) is 0. The van der Waals surface area contributed by atoms with Gasteiger partial charge in [-0.05, 0) is 62.4 Å². The minimum atomic E-state index is -1.21. The molecule has 1 heteroatoms. The molecule has 0 fully saturated rings. The Labute approximate surface area is 95.7 Å². The zero-order chi connectivity index (χ0) is 12.0. The third kappa shape index (κ3) is 2.03. The predicted molar refractivity (Wildman–Crippen MR) is 73.1 cm³/mol. The fraction of sp³-hybridized carbons (Fsp3) is 0.571. The van der Waals surface area contributed by atoms with E-state index in [2.05, 4.69) is 54.3 Å². The summed E-state index contributed by atoms with van der Waals surface area (Å²) in [5, 5.41) is 1.67. The minimum Gasteiger partial charge on any atom is -0.0656 e. The fourth-order valence-electron chi connectivity index (χ4n) is 2.62. The highest BCUT2D eigenvalue weighted by atomic mass is 28.3. The van der Waals surface area contributed by atoms with Gasteiger partial charge in [-0.2, -0.15) is 0 Å². The molecule has 0 aliphatic rings. The van der Waals surface area contributed by atoms with E-state index in [4.69, 9.17) is 0 Å². The monoisotopic (exact) mass is 220 g/mol. The highest BCUT2D eigenvalue weighted by Crippen LogP contribution is 2.22. The lowest BCUT2D eigenvalue weighted by molar-refractivity contribution is 1.19. The molecule has 0 heterocycles. The van der Waals surface area contributed by atoms with Crippen LogP contribution in [0.5, 0.6) is 0 Å². The number of hydrogen-bond acceptors (Lipinski definition) is 0. The van der Waals surface area contributed by atoms with E-state index >= 15 is 0 Å². The summed E-state index contributed by atoms with van der Waals surface area (Å²) in [7, 11) is -1.21. The van der Waals surface area contributed by atoms with Crippen molar-refractivity contribution in [3.8, 4) is 0 Å². The van der Waals surface area contributed by atoms with Crippen LogP contribution in [0.2, 0.25) is 19.6 Å². The molecule has 0 amide bonds. The van der Waals surface area contributed by atoms with Gasteiger partial charge in [-0.1, -0.05) is 24.8 Å². The topological polar surface area (TPSA) is 0 Å². The number of rotatable bonds is 1. The Morgan fingerprint density at radius 3 is 1.07 bits per heavy atom. The van der Waals surface area contributed by atoms with Crippen LogP contribution in [0.3, 0.4) is 0 Å². The Morgan fingerprint density at radius 1 is 0.533 bits per heavy atom. The highest BCUT2D eigenvalue weighted by Gasteiger charge is 2.23. The van der Waals surface area contributed by atoms with Gasteiger partial charge in [0.2, 0.25) is 0 Å². The maximum atomic E-state index is 2.44. The Balaban J connectivity index is 3.68. The van der Waals surface area contributed by atoms with Crippen molar-refractivity contribution in [2.24, 2.45) is 0 Å². The molecule has 0 unspecified atom stereocenters. The standard InChI is InChI=1S/C14H24Si/c1-9-10(2)12(4)14(15(6,7)8)13(5)11(9)3/h1-8H3. The second-order valence-electron chi connectivity index (χ2n) is 5.75. The molecule has 1 aromatic rings. The SMILES string of the molecule is Cc1c(C)c(C)c([Si](C)(C)C)c(C)c1C. The summed E-state index contributed by atoms with van der Waals surface area (Å²) in [6.45, 7) is 18.7. The molecule has 0 N–H and O–H groups in total. The molecule has 0 atom stereocenters. The van der Waals surface area contributed by atoms with Crippen LogP contribution < -0.4 is 5.19 Å². The Bertz CT molecular complexity index is 366. The quantitative estimate of drug-likeness (QED) is 0.632. The van der Waals surface area contributed by atoms with Crippen molar-refractivity contribution in [3.63, 3.8) is 0 Å². The van der Waals surface area contributed by atoms with E-state index in [1.165, 1.54) is 27.8 Å². The molecule has 0 aliphatic heterocycles. The first-order valence-electron chi connectivity index (χ1n) is 5.75. The van der Waals surface area contributed by atoms with Gasteiger partial charge in [0, 0.05) is 0 Å². The van der Waals surface area contributed by atoms with E-state index in [9.17, 15) is 0 Å². The largest absolute Gasteiger partial charge is 0.0783 e. The third-order valence-corrected chi connectivity index (χ3v) is 6.00. The van der Waals surface area contributed by atoms with Crippen molar-refractivity contribution in [3.05, 3.63) is 27.8 Å². The van der Waals surface area contributed by atoms with Crippen LogP contribution in [0.15, 0.2) is 0 Å². The van der Waals surface area contributed by atoms with Crippen LogP contribution in [0, 0.1) is 34.6 Å². The van der Waals surface area contributed by atoms with E-state index in [1.54, 1.807) is 5.19 Å². The molecule has 0 saturated carbocycles. The zero-order valence-electron chi connectivity index (χ0n) is 11.5. The van der Waals surface area contributed by atoms with Gasteiger partial charge in [0.15, 0.2) is 0 Å². The third-order valence-electron chi connectivity index (χ3n) is 3.75. The molecule has 0 radical (unpaired) electrons. The number of hydrogen-bond donors (Lipinski definition) is 0. The molecule has 84 valence electrons. The maximum Gasteiger partial charge on any atom is 0.0783 e. The van der Waals surface area contributed by atoms with Crippen LogP contribution in [-0.2, 0) is 0 Å². The van der Waals surface area contributed by atoms with Crippen LogP contribution in [0.1, 0.15) is 27.8 Å². The van der Waals surface area contributed by atoms with Crippen molar-refractivity contribution >= 4 is 13.3 Å². The van der Waals surface area contributed by atoms with Gasteiger partial charge in [0.05, 0.1) is 8.07 Å². The van der Waals surface area contributed by atoms with Crippen molar-refractivity contribution in [2.75, 3.05) is 0 Å². The molecule has 0 aliphatic carbocycles. The molecular formula is C14H24Si. The van der Waals surface area contributed by atoms with Crippen LogP contribution in [0.25, 0.3) is 0 Å². The summed E-state index contributed by atoms with van der Waals surface area (Å²) in [4.78, 5) is 0. The first-order chi connectivity index (χ1) is 6.68.